The molecule has 2 rings (SSSR count). The predicted molar refractivity (Wildman–Crippen MR) is 50.8 cm³/mol. The maximum Gasteiger partial charge on any atom is 0.0918 e. The number of benzene rings is 1. The van der Waals surface area contributed by atoms with E-state index in [0.717, 1.165) is 16.6 Å². The van der Waals surface area contributed by atoms with Crippen molar-refractivity contribution in [1.29, 1.82) is 0 Å². The lowest BCUT2D eigenvalue weighted by Crippen LogP contribution is -2.27. The molecule has 3 heteroatoms. The fourth-order valence-corrected chi connectivity index (χ4v) is 1.87. The Morgan fingerprint density at radius 3 is 3.17 bits per heavy atom. The zero-order valence-corrected chi connectivity index (χ0v) is 8.13. The van der Waals surface area contributed by atoms with Crippen LogP contribution in [0, 0.1) is 0 Å². The molecule has 0 saturated heterocycles. The molecule has 12 heavy (non-hydrogen) atoms. The van der Waals surface area contributed by atoms with Gasteiger partial charge in [-0.1, -0.05) is 22.0 Å². The van der Waals surface area contributed by atoms with E-state index in [1.807, 2.05) is 18.2 Å². The summed E-state index contributed by atoms with van der Waals surface area (Å²) < 4.78 is 1.03. The second-order valence-electron chi connectivity index (χ2n) is 2.99. The maximum absolute atomic E-state index is 9.60. The van der Waals surface area contributed by atoms with E-state index < -0.39 is 0 Å². The van der Waals surface area contributed by atoms with Crippen LogP contribution in [0.2, 0.25) is 0 Å². The maximum atomic E-state index is 9.60. The van der Waals surface area contributed by atoms with E-state index in [-0.39, 0.29) is 6.10 Å². The van der Waals surface area contributed by atoms with Gasteiger partial charge in [0, 0.05) is 17.6 Å². The molecule has 1 heterocycles. The predicted octanol–water partition coefficient (Wildman–Crippen LogP) is 1.59. The van der Waals surface area contributed by atoms with Gasteiger partial charge in [-0.3, -0.25) is 0 Å². The van der Waals surface area contributed by atoms with Gasteiger partial charge in [0.05, 0.1) is 6.10 Å². The van der Waals surface area contributed by atoms with Crippen LogP contribution in [-0.4, -0.2) is 11.7 Å². The van der Waals surface area contributed by atoms with Crippen LogP contribution in [0.4, 0.5) is 0 Å². The first-order valence-corrected chi connectivity index (χ1v) is 4.74. The van der Waals surface area contributed by atoms with Crippen molar-refractivity contribution in [3.05, 3.63) is 33.8 Å². The third kappa shape index (κ3) is 1.40. The summed E-state index contributed by atoms with van der Waals surface area (Å²) in [6.45, 7) is 1.52. The normalized spacial score (nSPS) is 22.0. The highest BCUT2D eigenvalue weighted by molar-refractivity contribution is 9.10. The number of hydrogen-bond acceptors (Lipinski definition) is 2. The van der Waals surface area contributed by atoms with Gasteiger partial charge in [-0.15, -0.1) is 0 Å². The minimum absolute atomic E-state index is 0.355. The van der Waals surface area contributed by atoms with Crippen molar-refractivity contribution < 1.29 is 5.11 Å². The number of aliphatic hydroxyl groups is 1. The molecule has 0 unspecified atom stereocenters. The SMILES string of the molecule is O[C@@H]1CNCc2ccc(Br)cc21. The lowest BCUT2D eigenvalue weighted by Gasteiger charge is -2.22. The molecule has 0 amide bonds. The molecule has 1 aromatic carbocycles. The molecule has 0 aliphatic carbocycles. The van der Waals surface area contributed by atoms with Crippen LogP contribution < -0.4 is 5.32 Å². The van der Waals surface area contributed by atoms with Crippen molar-refractivity contribution in [3.63, 3.8) is 0 Å². The van der Waals surface area contributed by atoms with E-state index in [4.69, 9.17) is 0 Å². The van der Waals surface area contributed by atoms with E-state index in [2.05, 4.69) is 21.2 Å². The summed E-state index contributed by atoms with van der Waals surface area (Å²) in [7, 11) is 0. The zero-order valence-electron chi connectivity index (χ0n) is 6.55. The Morgan fingerprint density at radius 2 is 2.33 bits per heavy atom. The quantitative estimate of drug-likeness (QED) is 0.706. The van der Waals surface area contributed by atoms with Crippen LogP contribution in [0.3, 0.4) is 0 Å². The summed E-state index contributed by atoms with van der Waals surface area (Å²) in [4.78, 5) is 0. The number of rotatable bonds is 0. The lowest BCUT2D eigenvalue weighted by molar-refractivity contribution is 0.165. The highest BCUT2D eigenvalue weighted by Gasteiger charge is 2.16. The zero-order chi connectivity index (χ0) is 8.55. The standard InChI is InChI=1S/C9H10BrNO/c10-7-2-1-6-4-11-5-9(12)8(6)3-7/h1-3,9,11-12H,4-5H2/t9-/m1/s1. The van der Waals surface area contributed by atoms with Crippen LogP contribution in [0.25, 0.3) is 0 Å². The third-order valence-corrected chi connectivity index (χ3v) is 2.61. The van der Waals surface area contributed by atoms with Crippen molar-refractivity contribution in [1.82, 2.24) is 5.32 Å². The van der Waals surface area contributed by atoms with Crippen molar-refractivity contribution >= 4 is 15.9 Å². The number of hydrogen-bond donors (Lipinski definition) is 2. The highest BCUT2D eigenvalue weighted by Crippen LogP contribution is 2.24. The van der Waals surface area contributed by atoms with Gasteiger partial charge in [0.2, 0.25) is 0 Å². The summed E-state index contributed by atoms with van der Waals surface area (Å²) in [5, 5.41) is 12.7. The van der Waals surface area contributed by atoms with Crippen LogP contribution >= 0.6 is 15.9 Å². The van der Waals surface area contributed by atoms with Crippen LogP contribution in [0.1, 0.15) is 17.2 Å². The highest BCUT2D eigenvalue weighted by atomic mass is 79.9. The number of β-amino-alcohol motifs (C(OH)–C–C–N with tert-alkyl or cyclic N) is 1. The molecule has 0 spiro atoms. The van der Waals surface area contributed by atoms with Gasteiger partial charge >= 0.3 is 0 Å². The Morgan fingerprint density at radius 1 is 1.50 bits per heavy atom. The van der Waals surface area contributed by atoms with Gasteiger partial charge in [0.1, 0.15) is 0 Å². The van der Waals surface area contributed by atoms with Gasteiger partial charge in [0.25, 0.3) is 0 Å². The average Bonchev–Trinajstić information content (AvgIpc) is 2.07. The topological polar surface area (TPSA) is 32.3 Å². The lowest BCUT2D eigenvalue weighted by atomic mass is 9.99. The van der Waals surface area contributed by atoms with E-state index in [1.54, 1.807) is 0 Å². The summed E-state index contributed by atoms with van der Waals surface area (Å²) in [6.07, 6.45) is -0.355. The second kappa shape index (κ2) is 3.17. The molecule has 0 radical (unpaired) electrons. The number of halogens is 1. The third-order valence-electron chi connectivity index (χ3n) is 2.12. The molecule has 64 valence electrons. The molecule has 1 aliphatic heterocycles. The molecule has 0 saturated carbocycles. The molecular weight excluding hydrogens is 218 g/mol. The number of nitrogens with one attached hydrogen (secondary N) is 1. The first-order chi connectivity index (χ1) is 5.77. The Labute approximate surface area is 79.7 Å². The molecule has 1 aromatic rings. The van der Waals surface area contributed by atoms with Gasteiger partial charge in [0.15, 0.2) is 0 Å². The van der Waals surface area contributed by atoms with E-state index in [0.29, 0.717) is 6.54 Å². The minimum atomic E-state index is -0.355. The van der Waals surface area contributed by atoms with Crippen molar-refractivity contribution in [3.8, 4) is 0 Å². The van der Waals surface area contributed by atoms with Gasteiger partial charge in [-0.05, 0) is 23.3 Å². The van der Waals surface area contributed by atoms with Crippen LogP contribution in [0.5, 0.6) is 0 Å². The van der Waals surface area contributed by atoms with Gasteiger partial charge in [-0.25, -0.2) is 0 Å². The molecule has 1 atom stereocenters. The fraction of sp³-hybridized carbons (Fsp3) is 0.333. The van der Waals surface area contributed by atoms with Crippen molar-refractivity contribution in [2.75, 3.05) is 6.54 Å². The van der Waals surface area contributed by atoms with Gasteiger partial charge < -0.3 is 10.4 Å². The fourth-order valence-electron chi connectivity index (χ4n) is 1.49. The summed E-state index contributed by atoms with van der Waals surface area (Å²) in [5.41, 5.74) is 2.24. The summed E-state index contributed by atoms with van der Waals surface area (Å²) >= 11 is 3.39. The largest absolute Gasteiger partial charge is 0.387 e. The summed E-state index contributed by atoms with van der Waals surface area (Å²) in [5.74, 6) is 0. The molecule has 2 nitrogen and oxygen atoms in total. The minimum Gasteiger partial charge on any atom is -0.387 e. The molecule has 0 bridgehead atoms. The molecule has 1 aliphatic rings. The first-order valence-electron chi connectivity index (χ1n) is 3.94. The smallest absolute Gasteiger partial charge is 0.0918 e. The van der Waals surface area contributed by atoms with Crippen molar-refractivity contribution in [2.24, 2.45) is 0 Å². The average molecular weight is 228 g/mol. The van der Waals surface area contributed by atoms with Crippen molar-refractivity contribution in [2.45, 2.75) is 12.6 Å². The first kappa shape index (κ1) is 8.23. The van der Waals surface area contributed by atoms with Crippen LogP contribution in [-0.2, 0) is 6.54 Å². The molecule has 0 aromatic heterocycles. The van der Waals surface area contributed by atoms with Gasteiger partial charge in [-0.2, -0.15) is 0 Å². The Kier molecular flexibility index (Phi) is 2.17. The Balaban J connectivity index is 2.47. The molecular formula is C9H10BrNO. The second-order valence-corrected chi connectivity index (χ2v) is 3.91. The number of aliphatic hydroxyl groups excluding tert-OH is 1. The Bertz CT molecular complexity index is 301. The van der Waals surface area contributed by atoms with Crippen LogP contribution in [0.15, 0.2) is 22.7 Å². The van der Waals surface area contributed by atoms with E-state index in [9.17, 15) is 5.11 Å². The number of fused-ring (bicyclic) bond motifs is 1. The molecule has 2 N–H and O–H groups in total. The van der Waals surface area contributed by atoms with E-state index >= 15 is 0 Å². The monoisotopic (exact) mass is 227 g/mol. The van der Waals surface area contributed by atoms with E-state index in [1.165, 1.54) is 5.56 Å². The Hall–Kier alpha value is -0.380. The summed E-state index contributed by atoms with van der Waals surface area (Å²) in [6, 6.07) is 6.02. The molecule has 0 fully saturated rings.